The van der Waals surface area contributed by atoms with Gasteiger partial charge >= 0.3 is 0 Å². The molecule has 0 aromatic heterocycles. The van der Waals surface area contributed by atoms with Crippen LogP contribution in [0, 0.1) is 11.8 Å². The second-order valence-corrected chi connectivity index (χ2v) is 5.48. The summed E-state index contributed by atoms with van der Waals surface area (Å²) in [6, 6.07) is 10.5. The molecule has 92 valence electrons. The minimum atomic E-state index is 0.289. The van der Waals surface area contributed by atoms with Crippen LogP contribution in [0.4, 0.5) is 0 Å². The Morgan fingerprint density at radius 1 is 1.24 bits per heavy atom. The molecule has 0 N–H and O–H groups in total. The first-order chi connectivity index (χ1) is 8.18. The van der Waals surface area contributed by atoms with Crippen molar-refractivity contribution in [1.29, 1.82) is 0 Å². The Morgan fingerprint density at radius 3 is 2.65 bits per heavy atom. The molecule has 1 aromatic rings. The van der Waals surface area contributed by atoms with E-state index < -0.39 is 0 Å². The first-order valence-electron chi connectivity index (χ1n) is 6.77. The van der Waals surface area contributed by atoms with E-state index in [1.54, 1.807) is 0 Å². The molecule has 1 aromatic carbocycles. The third-order valence-electron chi connectivity index (χ3n) is 4.08. The van der Waals surface area contributed by atoms with Gasteiger partial charge in [0.15, 0.2) is 0 Å². The Balaban J connectivity index is 1.99. The SMILES string of the molecule is CC1CCCC(CC(C)c2ccccc2)C1=O. The highest BCUT2D eigenvalue weighted by Gasteiger charge is 2.29. The summed E-state index contributed by atoms with van der Waals surface area (Å²) in [6.45, 7) is 4.32. The average Bonchev–Trinajstić information content (AvgIpc) is 2.36. The number of ketones is 1. The standard InChI is InChI=1S/C16H22O/c1-12-7-6-10-15(16(12)17)11-13(2)14-8-4-3-5-9-14/h3-5,8-9,12-13,15H,6-7,10-11H2,1-2H3. The van der Waals surface area contributed by atoms with Crippen molar-refractivity contribution < 1.29 is 4.79 Å². The molecule has 1 nitrogen and oxygen atoms in total. The van der Waals surface area contributed by atoms with Crippen molar-refractivity contribution in [3.8, 4) is 0 Å². The fourth-order valence-corrected chi connectivity index (χ4v) is 2.94. The smallest absolute Gasteiger partial charge is 0.138 e. The van der Waals surface area contributed by atoms with Crippen molar-refractivity contribution in [2.75, 3.05) is 0 Å². The van der Waals surface area contributed by atoms with Gasteiger partial charge in [-0.05, 0) is 30.7 Å². The van der Waals surface area contributed by atoms with Crippen LogP contribution in [-0.4, -0.2) is 5.78 Å². The van der Waals surface area contributed by atoms with Crippen LogP contribution in [0.2, 0.25) is 0 Å². The fourth-order valence-electron chi connectivity index (χ4n) is 2.94. The lowest BCUT2D eigenvalue weighted by Crippen LogP contribution is -2.27. The average molecular weight is 230 g/mol. The maximum absolute atomic E-state index is 12.1. The first-order valence-corrected chi connectivity index (χ1v) is 6.77. The predicted molar refractivity (Wildman–Crippen MR) is 71.0 cm³/mol. The highest BCUT2D eigenvalue weighted by molar-refractivity contribution is 5.83. The Hall–Kier alpha value is -1.11. The number of carbonyl (C=O) groups excluding carboxylic acids is 1. The summed E-state index contributed by atoms with van der Waals surface area (Å²) in [5.74, 6) is 1.58. The van der Waals surface area contributed by atoms with Gasteiger partial charge in [-0.25, -0.2) is 0 Å². The highest BCUT2D eigenvalue weighted by Crippen LogP contribution is 2.32. The Bertz CT molecular complexity index is 368. The summed E-state index contributed by atoms with van der Waals surface area (Å²) in [7, 11) is 0. The van der Waals surface area contributed by atoms with Crippen LogP contribution < -0.4 is 0 Å². The molecule has 1 heteroatoms. The van der Waals surface area contributed by atoms with Crippen molar-refractivity contribution in [1.82, 2.24) is 0 Å². The van der Waals surface area contributed by atoms with Crippen LogP contribution in [0.25, 0.3) is 0 Å². The number of rotatable bonds is 3. The lowest BCUT2D eigenvalue weighted by molar-refractivity contribution is -0.128. The Labute approximate surface area is 104 Å². The monoisotopic (exact) mass is 230 g/mol. The maximum atomic E-state index is 12.1. The van der Waals surface area contributed by atoms with Gasteiger partial charge in [-0.15, -0.1) is 0 Å². The van der Waals surface area contributed by atoms with Crippen LogP contribution in [0.5, 0.6) is 0 Å². The lowest BCUT2D eigenvalue weighted by atomic mass is 9.76. The van der Waals surface area contributed by atoms with Crippen molar-refractivity contribution in [3.63, 3.8) is 0 Å². The molecular formula is C16H22O. The molecular weight excluding hydrogens is 208 g/mol. The minimum absolute atomic E-state index is 0.289. The molecule has 3 atom stereocenters. The van der Waals surface area contributed by atoms with E-state index in [4.69, 9.17) is 0 Å². The largest absolute Gasteiger partial charge is 0.299 e. The van der Waals surface area contributed by atoms with E-state index in [-0.39, 0.29) is 5.92 Å². The van der Waals surface area contributed by atoms with E-state index in [1.165, 1.54) is 12.0 Å². The molecule has 0 saturated heterocycles. The van der Waals surface area contributed by atoms with Crippen LogP contribution in [0.1, 0.15) is 51.0 Å². The fraction of sp³-hybridized carbons (Fsp3) is 0.562. The number of hydrogen-bond donors (Lipinski definition) is 0. The molecule has 0 spiro atoms. The zero-order chi connectivity index (χ0) is 12.3. The number of hydrogen-bond acceptors (Lipinski definition) is 1. The van der Waals surface area contributed by atoms with Crippen LogP contribution in [-0.2, 0) is 4.79 Å². The van der Waals surface area contributed by atoms with E-state index in [0.29, 0.717) is 17.6 Å². The number of Topliss-reactive ketones (excluding diaryl/α,β-unsaturated/α-hetero) is 1. The third-order valence-corrected chi connectivity index (χ3v) is 4.08. The lowest BCUT2D eigenvalue weighted by Gasteiger charge is -2.27. The highest BCUT2D eigenvalue weighted by atomic mass is 16.1. The second kappa shape index (κ2) is 5.48. The van der Waals surface area contributed by atoms with Crippen LogP contribution in [0.15, 0.2) is 30.3 Å². The molecule has 1 saturated carbocycles. The zero-order valence-corrected chi connectivity index (χ0v) is 10.9. The molecule has 0 aliphatic heterocycles. The molecule has 0 bridgehead atoms. The van der Waals surface area contributed by atoms with E-state index in [2.05, 4.69) is 38.1 Å². The van der Waals surface area contributed by atoms with Gasteiger partial charge in [-0.3, -0.25) is 4.79 Å². The first kappa shape index (κ1) is 12.3. The summed E-state index contributed by atoms with van der Waals surface area (Å²) < 4.78 is 0. The van der Waals surface area contributed by atoms with Gasteiger partial charge in [0.25, 0.3) is 0 Å². The minimum Gasteiger partial charge on any atom is -0.299 e. The molecule has 1 aliphatic rings. The van der Waals surface area contributed by atoms with Gasteiger partial charge in [0, 0.05) is 11.8 Å². The van der Waals surface area contributed by atoms with Crippen molar-refractivity contribution in [2.45, 2.75) is 45.4 Å². The third kappa shape index (κ3) is 2.96. The van der Waals surface area contributed by atoms with Gasteiger partial charge in [-0.1, -0.05) is 50.6 Å². The molecule has 0 heterocycles. The molecule has 0 amide bonds. The number of carbonyl (C=O) groups is 1. The topological polar surface area (TPSA) is 17.1 Å². The quantitative estimate of drug-likeness (QED) is 0.761. The molecule has 0 radical (unpaired) electrons. The zero-order valence-electron chi connectivity index (χ0n) is 10.9. The Kier molecular flexibility index (Phi) is 3.98. The Morgan fingerprint density at radius 2 is 1.94 bits per heavy atom. The molecule has 3 unspecified atom stereocenters. The van der Waals surface area contributed by atoms with Crippen molar-refractivity contribution in [3.05, 3.63) is 35.9 Å². The summed E-state index contributed by atoms with van der Waals surface area (Å²) in [5, 5.41) is 0. The van der Waals surface area contributed by atoms with Crippen molar-refractivity contribution in [2.24, 2.45) is 11.8 Å². The van der Waals surface area contributed by atoms with Gasteiger partial charge < -0.3 is 0 Å². The predicted octanol–water partition coefficient (Wildman–Crippen LogP) is 4.19. The summed E-state index contributed by atoms with van der Waals surface area (Å²) >= 11 is 0. The van der Waals surface area contributed by atoms with Gasteiger partial charge in [0.1, 0.15) is 5.78 Å². The molecule has 17 heavy (non-hydrogen) atoms. The van der Waals surface area contributed by atoms with Gasteiger partial charge in [0.2, 0.25) is 0 Å². The summed E-state index contributed by atoms with van der Waals surface area (Å²) in [6.07, 6.45) is 4.43. The molecule has 1 fully saturated rings. The van der Waals surface area contributed by atoms with Crippen molar-refractivity contribution >= 4 is 5.78 Å². The normalized spacial score (nSPS) is 26.8. The van der Waals surface area contributed by atoms with E-state index in [0.717, 1.165) is 19.3 Å². The van der Waals surface area contributed by atoms with E-state index >= 15 is 0 Å². The summed E-state index contributed by atoms with van der Waals surface area (Å²) in [5.41, 5.74) is 1.36. The van der Waals surface area contributed by atoms with Gasteiger partial charge in [0.05, 0.1) is 0 Å². The van der Waals surface area contributed by atoms with E-state index in [1.807, 2.05) is 6.07 Å². The number of benzene rings is 1. The van der Waals surface area contributed by atoms with Crippen LogP contribution >= 0.6 is 0 Å². The van der Waals surface area contributed by atoms with Crippen LogP contribution in [0.3, 0.4) is 0 Å². The molecule has 2 rings (SSSR count). The molecule has 1 aliphatic carbocycles. The van der Waals surface area contributed by atoms with E-state index in [9.17, 15) is 4.79 Å². The van der Waals surface area contributed by atoms with Gasteiger partial charge in [-0.2, -0.15) is 0 Å². The summed E-state index contributed by atoms with van der Waals surface area (Å²) in [4.78, 5) is 12.1. The second-order valence-electron chi connectivity index (χ2n) is 5.48. The maximum Gasteiger partial charge on any atom is 0.138 e.